The molecule has 15 heavy (non-hydrogen) atoms. The first kappa shape index (κ1) is 19.4. The van der Waals surface area contributed by atoms with Crippen LogP contribution in [0.3, 0.4) is 0 Å². The van der Waals surface area contributed by atoms with Crippen LogP contribution in [-0.4, -0.2) is 63.2 Å². The largest absolute Gasteiger partial charge is 0.480 e. The number of carbonyl (C=O) groups is 3. The molecule has 0 unspecified atom stereocenters. The van der Waals surface area contributed by atoms with Gasteiger partial charge in [-0.05, 0) is 0 Å². The zero-order valence-electron chi connectivity index (χ0n) is 7.45. The summed E-state index contributed by atoms with van der Waals surface area (Å²) in [5, 5.41) is 24.8. The van der Waals surface area contributed by atoms with Crippen LogP contribution >= 0.6 is 0 Å². The summed E-state index contributed by atoms with van der Waals surface area (Å²) >= 11 is 0. The van der Waals surface area contributed by atoms with Gasteiger partial charge in [0, 0.05) is 16.5 Å². The van der Waals surface area contributed by atoms with Gasteiger partial charge in [-0.3, -0.25) is 19.3 Å². The molecule has 0 aliphatic rings. The summed E-state index contributed by atoms with van der Waals surface area (Å²) in [7, 11) is 0. The third kappa shape index (κ3) is 12.8. The molecule has 0 amide bonds. The van der Waals surface area contributed by atoms with Crippen LogP contribution in [0.1, 0.15) is 0 Å². The van der Waals surface area contributed by atoms with Crippen molar-refractivity contribution in [2.75, 3.05) is 19.6 Å². The maximum Gasteiger partial charge on any atom is 0.317 e. The van der Waals surface area contributed by atoms with Crippen LogP contribution in [-0.2, 0) is 30.9 Å². The number of aliphatic carboxylic acids is 3. The maximum absolute atomic E-state index is 10.1. The van der Waals surface area contributed by atoms with Gasteiger partial charge in [-0.1, -0.05) is 0 Å². The Balaban J connectivity index is -0.000000720. The van der Waals surface area contributed by atoms with Crippen LogP contribution in [0.5, 0.6) is 0 Å². The summed E-state index contributed by atoms with van der Waals surface area (Å²) in [4.78, 5) is 31.2. The Bertz CT molecular complexity index is 193. The smallest absolute Gasteiger partial charge is 0.317 e. The van der Waals surface area contributed by atoms with E-state index in [1.807, 2.05) is 0 Å². The van der Waals surface area contributed by atoms with Gasteiger partial charge in [-0.2, -0.15) is 0 Å². The Morgan fingerprint density at radius 1 is 0.800 bits per heavy atom. The monoisotopic (exact) mass is 267 g/mol. The summed E-state index contributed by atoms with van der Waals surface area (Å²) in [5.41, 5.74) is 0. The normalized spacial score (nSPS) is 8.60. The minimum atomic E-state index is -1.26. The first-order valence-corrected chi connectivity index (χ1v) is 3.29. The van der Waals surface area contributed by atoms with Crippen molar-refractivity contribution >= 4 is 17.9 Å². The topological polar surface area (TPSA) is 147 Å². The van der Waals surface area contributed by atoms with Gasteiger partial charge in [0.05, 0.1) is 19.6 Å². The van der Waals surface area contributed by atoms with E-state index in [-0.39, 0.29) is 22.0 Å². The fourth-order valence-electron chi connectivity index (χ4n) is 0.742. The third-order valence-electron chi connectivity index (χ3n) is 1.08. The van der Waals surface area contributed by atoms with Crippen molar-refractivity contribution in [3.8, 4) is 0 Å². The molecule has 0 aliphatic heterocycles. The Morgan fingerprint density at radius 3 is 1.13 bits per heavy atom. The van der Waals surface area contributed by atoms with E-state index in [9.17, 15) is 14.4 Å². The second kappa shape index (κ2) is 9.38. The standard InChI is InChI=1S/C6H9NO6.Ni.H2O/c8-4(9)1-7(2-5(10)11)3-6(12)13;;/h1-3H2,(H,8,9)(H,10,11)(H,12,13);;1H2. The summed E-state index contributed by atoms with van der Waals surface area (Å²) < 4.78 is 0. The molecule has 0 aliphatic carbocycles. The number of carboxylic acid groups (broad SMARTS) is 3. The summed E-state index contributed by atoms with van der Waals surface area (Å²) in [6, 6.07) is 0. The molecule has 0 bridgehead atoms. The van der Waals surface area contributed by atoms with Crippen molar-refractivity contribution in [2.45, 2.75) is 0 Å². The van der Waals surface area contributed by atoms with Crippen LogP contribution in [0.25, 0.3) is 0 Å². The number of carboxylic acids is 3. The molecule has 0 atom stereocenters. The minimum absolute atomic E-state index is 0. The fraction of sp³-hybridized carbons (Fsp3) is 0.500. The molecular weight excluding hydrogens is 257 g/mol. The maximum atomic E-state index is 10.1. The molecule has 92 valence electrons. The van der Waals surface area contributed by atoms with E-state index in [1.54, 1.807) is 0 Å². The number of rotatable bonds is 6. The molecule has 9 heteroatoms. The summed E-state index contributed by atoms with van der Waals surface area (Å²) in [5.74, 6) is -3.78. The van der Waals surface area contributed by atoms with E-state index >= 15 is 0 Å². The molecule has 0 heterocycles. The van der Waals surface area contributed by atoms with Crippen molar-refractivity contribution < 1.29 is 51.7 Å². The average Bonchev–Trinajstić information content (AvgIpc) is 1.80. The molecule has 0 aromatic carbocycles. The van der Waals surface area contributed by atoms with Crippen molar-refractivity contribution in [1.82, 2.24) is 4.90 Å². The quantitative estimate of drug-likeness (QED) is 0.459. The molecule has 0 aromatic heterocycles. The Kier molecular flexibility index (Phi) is 12.1. The first-order valence-electron chi connectivity index (χ1n) is 3.29. The molecule has 0 saturated carbocycles. The van der Waals surface area contributed by atoms with Crippen LogP contribution in [0.15, 0.2) is 0 Å². The Hall–Kier alpha value is -1.18. The summed E-state index contributed by atoms with van der Waals surface area (Å²) in [6.45, 7) is -1.80. The predicted molar refractivity (Wildman–Crippen MR) is 43.0 cm³/mol. The molecule has 0 fully saturated rings. The van der Waals surface area contributed by atoms with E-state index in [2.05, 4.69) is 0 Å². The molecule has 0 spiro atoms. The zero-order valence-corrected chi connectivity index (χ0v) is 8.44. The minimum Gasteiger partial charge on any atom is -0.480 e. The molecule has 8 nitrogen and oxygen atoms in total. The van der Waals surface area contributed by atoms with Crippen LogP contribution in [0.4, 0.5) is 0 Å². The molecule has 5 N–H and O–H groups in total. The van der Waals surface area contributed by atoms with Gasteiger partial charge < -0.3 is 20.8 Å². The van der Waals surface area contributed by atoms with Crippen LogP contribution < -0.4 is 0 Å². The molecule has 0 aromatic rings. The molecule has 0 rings (SSSR count). The SMILES string of the molecule is O.O=C(O)CN(CC(=O)O)CC(=O)O.[Ni]. The van der Waals surface area contributed by atoms with Crippen molar-refractivity contribution in [1.29, 1.82) is 0 Å². The van der Waals surface area contributed by atoms with E-state index in [0.717, 1.165) is 4.90 Å². The van der Waals surface area contributed by atoms with Crippen molar-refractivity contribution in [3.05, 3.63) is 0 Å². The number of hydrogen-bond acceptors (Lipinski definition) is 4. The van der Waals surface area contributed by atoms with Crippen LogP contribution in [0, 0.1) is 0 Å². The second-order valence-electron chi connectivity index (χ2n) is 2.33. The Labute approximate surface area is 94.7 Å². The van der Waals surface area contributed by atoms with E-state index in [0.29, 0.717) is 0 Å². The van der Waals surface area contributed by atoms with E-state index < -0.39 is 37.5 Å². The second-order valence-corrected chi connectivity index (χ2v) is 2.33. The van der Waals surface area contributed by atoms with Gasteiger partial charge in [-0.15, -0.1) is 0 Å². The molecular formula is C6H11NNiO7. The van der Waals surface area contributed by atoms with Gasteiger partial charge in [-0.25, -0.2) is 0 Å². The zero-order chi connectivity index (χ0) is 10.4. The molecule has 0 radical (unpaired) electrons. The fourth-order valence-corrected chi connectivity index (χ4v) is 0.742. The number of hydrogen-bond donors (Lipinski definition) is 3. The van der Waals surface area contributed by atoms with Crippen LogP contribution in [0.2, 0.25) is 0 Å². The van der Waals surface area contributed by atoms with Gasteiger partial charge in [0.25, 0.3) is 0 Å². The van der Waals surface area contributed by atoms with Gasteiger partial charge in [0.2, 0.25) is 0 Å². The van der Waals surface area contributed by atoms with E-state index in [1.165, 1.54) is 0 Å². The van der Waals surface area contributed by atoms with Crippen molar-refractivity contribution in [3.63, 3.8) is 0 Å². The van der Waals surface area contributed by atoms with Crippen molar-refractivity contribution in [2.24, 2.45) is 0 Å². The van der Waals surface area contributed by atoms with E-state index in [4.69, 9.17) is 15.3 Å². The Morgan fingerprint density at radius 2 is 1.00 bits per heavy atom. The van der Waals surface area contributed by atoms with Gasteiger partial charge >= 0.3 is 17.9 Å². The first-order chi connectivity index (χ1) is 5.91. The molecule has 0 saturated heterocycles. The number of nitrogens with zero attached hydrogens (tertiary/aromatic N) is 1. The summed E-state index contributed by atoms with van der Waals surface area (Å²) in [6.07, 6.45) is 0. The predicted octanol–water partition coefficient (Wildman–Crippen LogP) is -2.28. The average molecular weight is 268 g/mol. The van der Waals surface area contributed by atoms with Gasteiger partial charge in [0.15, 0.2) is 0 Å². The third-order valence-corrected chi connectivity index (χ3v) is 1.08. The van der Waals surface area contributed by atoms with Gasteiger partial charge in [0.1, 0.15) is 0 Å².